The number of nitrogens with one attached hydrogen (secondary N) is 3. The van der Waals surface area contributed by atoms with E-state index in [4.69, 9.17) is 4.74 Å². The van der Waals surface area contributed by atoms with Crippen LogP contribution < -0.4 is 16.0 Å². The van der Waals surface area contributed by atoms with Crippen molar-refractivity contribution in [1.29, 1.82) is 0 Å². The van der Waals surface area contributed by atoms with Gasteiger partial charge in [0.05, 0.1) is 17.2 Å². The number of nitrogens with zero attached hydrogens (tertiary/aromatic N) is 1. The number of rotatable bonds is 3. The average Bonchev–Trinajstić information content (AvgIpc) is 2.85. The Hall–Kier alpha value is -2.16. The molecule has 0 aromatic carbocycles. The van der Waals surface area contributed by atoms with Crippen molar-refractivity contribution in [2.75, 3.05) is 6.54 Å². The third kappa shape index (κ3) is 3.61. The van der Waals surface area contributed by atoms with Crippen LogP contribution in [0.25, 0.3) is 0 Å². The molecule has 0 aliphatic carbocycles. The van der Waals surface area contributed by atoms with Crippen LogP contribution in [0.1, 0.15) is 36.3 Å². The van der Waals surface area contributed by atoms with E-state index >= 15 is 0 Å². The van der Waals surface area contributed by atoms with Crippen LogP contribution in [0.15, 0.2) is 0 Å². The van der Waals surface area contributed by atoms with Crippen molar-refractivity contribution < 1.29 is 19.1 Å². The Morgan fingerprint density at radius 1 is 1.35 bits per heavy atom. The smallest absolute Gasteiger partial charge is 0.407 e. The molecular weight excluding hydrogens is 320 g/mol. The van der Waals surface area contributed by atoms with Crippen LogP contribution in [-0.4, -0.2) is 35.2 Å². The van der Waals surface area contributed by atoms with Crippen molar-refractivity contribution in [3.63, 3.8) is 0 Å². The van der Waals surface area contributed by atoms with E-state index in [0.717, 1.165) is 9.88 Å². The molecule has 23 heavy (non-hydrogen) atoms. The van der Waals surface area contributed by atoms with Crippen LogP contribution in [0.3, 0.4) is 0 Å². The predicted octanol–water partition coefficient (Wildman–Crippen LogP) is 1.32. The van der Waals surface area contributed by atoms with Gasteiger partial charge in [0, 0.05) is 4.88 Å². The molecule has 4 amide bonds. The molecule has 1 atom stereocenters. The largest absolute Gasteiger partial charge is 0.444 e. The van der Waals surface area contributed by atoms with Crippen molar-refractivity contribution in [2.45, 2.75) is 45.8 Å². The summed E-state index contributed by atoms with van der Waals surface area (Å²) in [5, 5.41) is 8.08. The highest BCUT2D eigenvalue weighted by molar-refractivity contribution is 7.11. The molecule has 2 heterocycles. The summed E-state index contributed by atoms with van der Waals surface area (Å²) in [4.78, 5) is 41.0. The number of alkyl carbamates (subject to hydrolysis) is 1. The van der Waals surface area contributed by atoms with Crippen molar-refractivity contribution in [1.82, 2.24) is 20.9 Å². The van der Waals surface area contributed by atoms with E-state index in [9.17, 15) is 14.4 Å². The molecule has 0 radical (unpaired) electrons. The molecule has 1 saturated heterocycles. The highest BCUT2D eigenvalue weighted by Gasteiger charge is 2.50. The number of thiazole rings is 1. The Morgan fingerprint density at radius 3 is 2.43 bits per heavy atom. The lowest BCUT2D eigenvalue weighted by Crippen LogP contribution is -2.53. The number of urea groups is 1. The highest BCUT2D eigenvalue weighted by Crippen LogP contribution is 2.30. The van der Waals surface area contributed by atoms with Crippen LogP contribution in [0.5, 0.6) is 0 Å². The molecule has 2 rings (SSSR count). The summed E-state index contributed by atoms with van der Waals surface area (Å²) in [6.45, 7) is 8.68. The second-order valence-corrected chi connectivity index (χ2v) is 7.71. The second-order valence-electron chi connectivity index (χ2n) is 6.31. The topological polar surface area (TPSA) is 109 Å². The fraction of sp³-hybridized carbons (Fsp3) is 0.571. The van der Waals surface area contributed by atoms with E-state index < -0.39 is 29.2 Å². The summed E-state index contributed by atoms with van der Waals surface area (Å²) in [5.41, 5.74) is -1.66. The van der Waals surface area contributed by atoms with Gasteiger partial charge in [0.2, 0.25) is 0 Å². The second kappa shape index (κ2) is 5.80. The first-order chi connectivity index (χ1) is 10.5. The quantitative estimate of drug-likeness (QED) is 0.719. The van der Waals surface area contributed by atoms with Gasteiger partial charge in [-0.05, 0) is 34.6 Å². The number of ether oxygens (including phenoxy) is 1. The summed E-state index contributed by atoms with van der Waals surface area (Å²) in [5.74, 6) is -0.549. The number of imide groups is 1. The van der Waals surface area contributed by atoms with Gasteiger partial charge in [-0.25, -0.2) is 14.6 Å². The van der Waals surface area contributed by atoms with Gasteiger partial charge in [-0.2, -0.15) is 0 Å². The summed E-state index contributed by atoms with van der Waals surface area (Å²) in [6.07, 6.45) is -0.671. The molecule has 126 valence electrons. The van der Waals surface area contributed by atoms with Crippen LogP contribution in [0, 0.1) is 13.8 Å². The van der Waals surface area contributed by atoms with Gasteiger partial charge in [0.15, 0.2) is 5.54 Å². The van der Waals surface area contributed by atoms with Crippen molar-refractivity contribution in [2.24, 2.45) is 0 Å². The number of carbonyl (C=O) groups is 3. The molecule has 1 fully saturated rings. The first-order valence-corrected chi connectivity index (χ1v) is 7.90. The molecule has 0 saturated carbocycles. The van der Waals surface area contributed by atoms with E-state index in [1.807, 2.05) is 13.8 Å². The van der Waals surface area contributed by atoms with E-state index in [-0.39, 0.29) is 6.54 Å². The number of amides is 4. The Labute approximate surface area is 138 Å². The molecule has 1 aliphatic rings. The van der Waals surface area contributed by atoms with Crippen molar-refractivity contribution in [3.05, 3.63) is 15.6 Å². The molecule has 8 nitrogen and oxygen atoms in total. The van der Waals surface area contributed by atoms with Gasteiger partial charge >= 0.3 is 12.1 Å². The zero-order valence-corrected chi connectivity index (χ0v) is 14.5. The molecular formula is C14H20N4O4S. The standard InChI is InChI=1S/C14H20N4O4S/c1-7-9(16-8(2)23-7)14(10(19)17-11(20)18-14)6-15-12(21)22-13(3,4)5/h6H2,1-5H3,(H,15,21)(H2,17,18,19,20). The van der Waals surface area contributed by atoms with Gasteiger partial charge < -0.3 is 15.4 Å². The highest BCUT2D eigenvalue weighted by atomic mass is 32.1. The maximum atomic E-state index is 12.3. The van der Waals surface area contributed by atoms with Crippen molar-refractivity contribution >= 4 is 29.4 Å². The van der Waals surface area contributed by atoms with Crippen LogP contribution in [0.4, 0.5) is 9.59 Å². The first-order valence-electron chi connectivity index (χ1n) is 7.08. The number of hydrogen-bond acceptors (Lipinski definition) is 6. The average molecular weight is 340 g/mol. The molecule has 1 unspecified atom stereocenters. The van der Waals surface area contributed by atoms with Crippen LogP contribution in [-0.2, 0) is 15.1 Å². The molecule has 1 aromatic rings. The van der Waals surface area contributed by atoms with Gasteiger partial charge in [-0.15, -0.1) is 11.3 Å². The van der Waals surface area contributed by atoms with Gasteiger partial charge in [0.1, 0.15) is 5.60 Å². The molecule has 0 spiro atoms. The Balaban J connectivity index is 2.26. The van der Waals surface area contributed by atoms with E-state index in [1.54, 1.807) is 20.8 Å². The fourth-order valence-electron chi connectivity index (χ4n) is 2.31. The molecule has 1 aliphatic heterocycles. The van der Waals surface area contributed by atoms with E-state index in [2.05, 4.69) is 20.9 Å². The lowest BCUT2D eigenvalue weighted by molar-refractivity contribution is -0.124. The Bertz CT molecular complexity index is 664. The normalized spacial score (nSPS) is 20.9. The zero-order chi connectivity index (χ0) is 17.4. The Morgan fingerprint density at radius 2 is 2.00 bits per heavy atom. The summed E-state index contributed by atoms with van der Waals surface area (Å²) in [6, 6.07) is -0.619. The first kappa shape index (κ1) is 17.2. The van der Waals surface area contributed by atoms with Gasteiger partial charge in [0.25, 0.3) is 5.91 Å². The van der Waals surface area contributed by atoms with Gasteiger partial charge in [-0.3, -0.25) is 10.1 Å². The molecule has 1 aromatic heterocycles. The third-order valence-electron chi connectivity index (χ3n) is 3.15. The predicted molar refractivity (Wildman–Crippen MR) is 84.2 cm³/mol. The zero-order valence-electron chi connectivity index (χ0n) is 13.7. The number of aryl methyl sites for hydroxylation is 2. The van der Waals surface area contributed by atoms with E-state index in [1.165, 1.54) is 11.3 Å². The number of aromatic nitrogens is 1. The maximum Gasteiger partial charge on any atom is 0.407 e. The minimum absolute atomic E-state index is 0.149. The third-order valence-corrected chi connectivity index (χ3v) is 4.03. The molecule has 3 N–H and O–H groups in total. The van der Waals surface area contributed by atoms with E-state index in [0.29, 0.717) is 5.69 Å². The SMILES string of the molecule is Cc1nc(C2(CNC(=O)OC(C)(C)C)NC(=O)NC2=O)c(C)s1. The Kier molecular flexibility index (Phi) is 4.34. The molecule has 9 heteroatoms. The summed E-state index contributed by atoms with van der Waals surface area (Å²) in [7, 11) is 0. The molecule has 0 bridgehead atoms. The minimum atomic E-state index is -1.43. The number of hydrogen-bond donors (Lipinski definition) is 3. The monoisotopic (exact) mass is 340 g/mol. The fourth-order valence-corrected chi connectivity index (χ4v) is 3.21. The maximum absolute atomic E-state index is 12.3. The minimum Gasteiger partial charge on any atom is -0.444 e. The summed E-state index contributed by atoms with van der Waals surface area (Å²) >= 11 is 1.42. The lowest BCUT2D eigenvalue weighted by atomic mass is 9.94. The summed E-state index contributed by atoms with van der Waals surface area (Å²) < 4.78 is 5.16. The lowest BCUT2D eigenvalue weighted by Gasteiger charge is -2.26. The number of carbonyl (C=O) groups excluding carboxylic acids is 3. The van der Waals surface area contributed by atoms with Crippen LogP contribution in [0.2, 0.25) is 0 Å². The van der Waals surface area contributed by atoms with Crippen molar-refractivity contribution in [3.8, 4) is 0 Å². The van der Waals surface area contributed by atoms with Gasteiger partial charge in [-0.1, -0.05) is 0 Å². The van der Waals surface area contributed by atoms with Crippen LogP contribution >= 0.6 is 11.3 Å².